The normalized spacial score (nSPS) is 24.3. The molecule has 0 bridgehead atoms. The molecule has 2 unspecified atom stereocenters. The molecule has 0 aromatic carbocycles. The lowest BCUT2D eigenvalue weighted by Gasteiger charge is -2.18. The number of nitrogens with one attached hydrogen (secondary N) is 1. The van der Waals surface area contributed by atoms with Crippen molar-refractivity contribution in [3.8, 4) is 0 Å². The summed E-state index contributed by atoms with van der Waals surface area (Å²) in [7, 11) is 0. The van der Waals surface area contributed by atoms with E-state index < -0.39 is 0 Å². The first-order valence-electron chi connectivity index (χ1n) is 7.35. The van der Waals surface area contributed by atoms with Gasteiger partial charge in [0.1, 0.15) is 16.8 Å². The third-order valence-corrected chi connectivity index (χ3v) is 4.03. The Labute approximate surface area is 121 Å². The molecule has 1 heterocycles. The summed E-state index contributed by atoms with van der Waals surface area (Å²) in [6.45, 7) is 6.52. The van der Waals surface area contributed by atoms with Crippen LogP contribution in [0.3, 0.4) is 0 Å². The zero-order chi connectivity index (χ0) is 13.8. The maximum atomic E-state index is 6.08. The third-order valence-electron chi connectivity index (χ3n) is 3.84. The lowest BCUT2D eigenvalue weighted by molar-refractivity contribution is 0.501. The van der Waals surface area contributed by atoms with Crippen LogP contribution in [0.1, 0.15) is 64.6 Å². The predicted octanol–water partition coefficient (Wildman–Crippen LogP) is 4.63. The second-order valence-electron chi connectivity index (χ2n) is 6.04. The molecule has 0 radical (unpaired) electrons. The molecular weight excluding hydrogens is 258 g/mol. The van der Waals surface area contributed by atoms with E-state index >= 15 is 0 Å². The first-order chi connectivity index (χ1) is 9.04. The lowest BCUT2D eigenvalue weighted by Crippen LogP contribution is -2.20. The molecule has 1 aromatic rings. The minimum absolute atomic E-state index is 0.299. The molecule has 0 spiro atoms. The molecule has 1 N–H and O–H groups in total. The molecule has 106 valence electrons. The summed E-state index contributed by atoms with van der Waals surface area (Å²) in [6.07, 6.45) is 6.39. The highest BCUT2D eigenvalue weighted by Gasteiger charge is 2.17. The number of hydrogen-bond donors (Lipinski definition) is 1. The van der Waals surface area contributed by atoms with Crippen molar-refractivity contribution in [3.63, 3.8) is 0 Å². The maximum absolute atomic E-state index is 6.08. The number of nitrogens with zero attached hydrogens (tertiary/aromatic N) is 2. The second-order valence-corrected chi connectivity index (χ2v) is 6.43. The minimum atomic E-state index is 0.299. The SMILES string of the molecule is CC1CCCC(Nc2cc(Cl)nc(C(C)C)n2)CC1. The van der Waals surface area contributed by atoms with Crippen molar-refractivity contribution in [3.05, 3.63) is 17.0 Å². The Kier molecular flexibility index (Phi) is 5.03. The summed E-state index contributed by atoms with van der Waals surface area (Å²) < 4.78 is 0. The first-order valence-corrected chi connectivity index (χ1v) is 7.73. The standard InChI is InChI=1S/C15H24ClN3/c1-10(2)15-18-13(16)9-14(19-15)17-12-6-4-5-11(3)7-8-12/h9-12H,4-8H2,1-3H3,(H,17,18,19). The molecule has 1 fully saturated rings. The van der Waals surface area contributed by atoms with Crippen LogP contribution in [0.25, 0.3) is 0 Å². The van der Waals surface area contributed by atoms with Crippen LogP contribution in [0.15, 0.2) is 6.07 Å². The van der Waals surface area contributed by atoms with Gasteiger partial charge < -0.3 is 5.32 Å². The largest absolute Gasteiger partial charge is 0.367 e. The Bertz CT molecular complexity index is 420. The fraction of sp³-hybridized carbons (Fsp3) is 0.733. The molecule has 4 heteroatoms. The maximum Gasteiger partial charge on any atom is 0.135 e. The first kappa shape index (κ1) is 14.6. The average molecular weight is 282 g/mol. The summed E-state index contributed by atoms with van der Waals surface area (Å²) in [6, 6.07) is 2.36. The van der Waals surface area contributed by atoms with Gasteiger partial charge in [-0.15, -0.1) is 0 Å². The molecule has 0 aliphatic heterocycles. The number of halogens is 1. The van der Waals surface area contributed by atoms with Crippen molar-refractivity contribution >= 4 is 17.4 Å². The fourth-order valence-corrected chi connectivity index (χ4v) is 2.80. The Morgan fingerprint density at radius 1 is 1.21 bits per heavy atom. The van der Waals surface area contributed by atoms with E-state index in [-0.39, 0.29) is 0 Å². The molecule has 19 heavy (non-hydrogen) atoms. The van der Waals surface area contributed by atoms with Gasteiger partial charge in [-0.3, -0.25) is 0 Å². The van der Waals surface area contributed by atoms with Crippen LogP contribution in [0.5, 0.6) is 0 Å². The number of hydrogen-bond acceptors (Lipinski definition) is 3. The van der Waals surface area contributed by atoms with E-state index in [9.17, 15) is 0 Å². The molecule has 1 saturated carbocycles. The van der Waals surface area contributed by atoms with Crippen molar-refractivity contribution < 1.29 is 0 Å². The minimum Gasteiger partial charge on any atom is -0.367 e. The van der Waals surface area contributed by atoms with E-state index in [1.54, 1.807) is 0 Å². The van der Waals surface area contributed by atoms with E-state index in [1.165, 1.54) is 32.1 Å². The van der Waals surface area contributed by atoms with Crippen LogP contribution in [0, 0.1) is 5.92 Å². The molecule has 3 nitrogen and oxygen atoms in total. The molecule has 1 aliphatic carbocycles. The third kappa shape index (κ3) is 4.34. The Morgan fingerprint density at radius 3 is 2.74 bits per heavy atom. The van der Waals surface area contributed by atoms with Gasteiger partial charge in [0.25, 0.3) is 0 Å². The Morgan fingerprint density at radius 2 is 2.00 bits per heavy atom. The number of rotatable bonds is 3. The van der Waals surface area contributed by atoms with Crippen LogP contribution in [0.4, 0.5) is 5.82 Å². The van der Waals surface area contributed by atoms with E-state index in [0.717, 1.165) is 17.6 Å². The lowest BCUT2D eigenvalue weighted by atomic mass is 10.0. The van der Waals surface area contributed by atoms with Crippen molar-refractivity contribution in [1.82, 2.24) is 9.97 Å². The second kappa shape index (κ2) is 6.56. The van der Waals surface area contributed by atoms with Gasteiger partial charge in [-0.2, -0.15) is 0 Å². The van der Waals surface area contributed by atoms with Gasteiger partial charge in [0.05, 0.1) is 0 Å². The molecule has 0 saturated heterocycles. The van der Waals surface area contributed by atoms with Gasteiger partial charge in [0, 0.05) is 18.0 Å². The summed E-state index contributed by atoms with van der Waals surface area (Å²) in [5, 5.41) is 4.07. The molecule has 2 atom stereocenters. The van der Waals surface area contributed by atoms with Crippen LogP contribution in [-0.4, -0.2) is 16.0 Å². The van der Waals surface area contributed by atoms with Crippen LogP contribution in [-0.2, 0) is 0 Å². The molecule has 1 aliphatic rings. The zero-order valence-corrected chi connectivity index (χ0v) is 12.9. The predicted molar refractivity (Wildman–Crippen MR) is 80.8 cm³/mol. The summed E-state index contributed by atoms with van der Waals surface area (Å²) in [5.74, 6) is 2.85. The molecule has 1 aromatic heterocycles. The van der Waals surface area contributed by atoms with Gasteiger partial charge in [0.15, 0.2) is 0 Å². The van der Waals surface area contributed by atoms with Gasteiger partial charge >= 0.3 is 0 Å². The summed E-state index contributed by atoms with van der Waals surface area (Å²) in [5.41, 5.74) is 0. The summed E-state index contributed by atoms with van der Waals surface area (Å²) in [4.78, 5) is 8.84. The highest BCUT2D eigenvalue weighted by atomic mass is 35.5. The highest BCUT2D eigenvalue weighted by molar-refractivity contribution is 6.29. The highest BCUT2D eigenvalue weighted by Crippen LogP contribution is 2.25. The Balaban J connectivity index is 2.05. The molecule has 2 rings (SSSR count). The van der Waals surface area contributed by atoms with Gasteiger partial charge in [0.2, 0.25) is 0 Å². The van der Waals surface area contributed by atoms with Gasteiger partial charge in [-0.1, -0.05) is 45.2 Å². The van der Waals surface area contributed by atoms with Crippen molar-refractivity contribution in [2.45, 2.75) is 64.8 Å². The molecule has 0 amide bonds. The van der Waals surface area contributed by atoms with Gasteiger partial charge in [-0.25, -0.2) is 9.97 Å². The molecular formula is C15H24ClN3. The van der Waals surface area contributed by atoms with E-state index in [0.29, 0.717) is 17.1 Å². The van der Waals surface area contributed by atoms with Crippen molar-refractivity contribution in [2.24, 2.45) is 5.92 Å². The fourth-order valence-electron chi connectivity index (χ4n) is 2.61. The number of aromatic nitrogens is 2. The summed E-state index contributed by atoms with van der Waals surface area (Å²) >= 11 is 6.08. The number of anilines is 1. The van der Waals surface area contributed by atoms with Crippen LogP contribution < -0.4 is 5.32 Å². The average Bonchev–Trinajstić information content (AvgIpc) is 2.54. The topological polar surface area (TPSA) is 37.8 Å². The van der Waals surface area contributed by atoms with Gasteiger partial charge in [-0.05, 0) is 25.2 Å². The van der Waals surface area contributed by atoms with E-state index in [1.807, 2.05) is 6.07 Å². The Hall–Kier alpha value is -0.830. The van der Waals surface area contributed by atoms with Crippen molar-refractivity contribution in [1.29, 1.82) is 0 Å². The van der Waals surface area contributed by atoms with Crippen LogP contribution >= 0.6 is 11.6 Å². The van der Waals surface area contributed by atoms with Crippen molar-refractivity contribution in [2.75, 3.05) is 5.32 Å². The van der Waals surface area contributed by atoms with Crippen LogP contribution in [0.2, 0.25) is 5.15 Å². The quantitative estimate of drug-likeness (QED) is 0.648. The van der Waals surface area contributed by atoms with E-state index in [2.05, 4.69) is 36.1 Å². The monoisotopic (exact) mass is 281 g/mol. The van der Waals surface area contributed by atoms with E-state index in [4.69, 9.17) is 11.6 Å². The smallest absolute Gasteiger partial charge is 0.135 e. The zero-order valence-electron chi connectivity index (χ0n) is 12.1.